The molecule has 0 amide bonds. The molecule has 0 aliphatic rings. The van der Waals surface area contributed by atoms with Gasteiger partial charge in [0.1, 0.15) is 0 Å². The molecule has 0 aromatic rings. The molecule has 3 heteroatoms. The highest BCUT2D eigenvalue weighted by atomic mass is 127. The zero-order valence-electron chi connectivity index (χ0n) is 11.7. The number of halogens is 1. The summed E-state index contributed by atoms with van der Waals surface area (Å²) in [6.07, 6.45) is 8.97. The highest BCUT2D eigenvalue weighted by Crippen LogP contribution is 2.19. The van der Waals surface area contributed by atoms with Crippen LogP contribution in [-0.2, 0) is 9.53 Å². The summed E-state index contributed by atoms with van der Waals surface area (Å²) in [7, 11) is 0. The van der Waals surface area contributed by atoms with E-state index >= 15 is 0 Å². The van der Waals surface area contributed by atoms with Crippen molar-refractivity contribution < 1.29 is 9.53 Å². The Morgan fingerprint density at radius 1 is 1.39 bits per heavy atom. The van der Waals surface area contributed by atoms with Gasteiger partial charge in [-0.3, -0.25) is 4.79 Å². The maximum absolute atomic E-state index is 11.7. The summed E-state index contributed by atoms with van der Waals surface area (Å²) < 4.78 is 7.06. The second-order valence-electron chi connectivity index (χ2n) is 4.21. The molecule has 0 saturated carbocycles. The summed E-state index contributed by atoms with van der Waals surface area (Å²) in [5.74, 6) is 0.0571. The third-order valence-corrected chi connectivity index (χ3v) is 3.12. The first kappa shape index (κ1) is 17.4. The van der Waals surface area contributed by atoms with Crippen molar-refractivity contribution in [3.8, 4) is 0 Å². The van der Waals surface area contributed by atoms with Crippen molar-refractivity contribution in [1.29, 1.82) is 0 Å². The molecular weight excluding hydrogens is 339 g/mol. The van der Waals surface area contributed by atoms with Crippen LogP contribution < -0.4 is 0 Å². The molecule has 0 heterocycles. The highest BCUT2D eigenvalue weighted by molar-refractivity contribution is 14.1. The quantitative estimate of drug-likeness (QED) is 0.374. The molecule has 0 aliphatic carbocycles. The van der Waals surface area contributed by atoms with E-state index in [4.69, 9.17) is 4.74 Å². The zero-order chi connectivity index (χ0) is 14.0. The standard InChI is InChI=1S/C15H23IO2/c1-5-14(15(17)18-6-2)13(4)9-7-8-12(3)10-11-16/h7-11,13-14H,5-6H2,1-4H3/b9-7+,11-10+,12-8-/t13-,14?/m1/s1. The van der Waals surface area contributed by atoms with E-state index in [1.807, 2.05) is 43.1 Å². The normalized spacial score (nSPS) is 16.2. The molecule has 0 N–H and O–H groups in total. The van der Waals surface area contributed by atoms with Gasteiger partial charge in [-0.05, 0) is 30.3 Å². The first-order valence-corrected chi connectivity index (χ1v) is 7.59. The smallest absolute Gasteiger partial charge is 0.309 e. The van der Waals surface area contributed by atoms with Crippen molar-refractivity contribution in [1.82, 2.24) is 0 Å². The third-order valence-electron chi connectivity index (χ3n) is 2.76. The molecule has 1 unspecified atom stereocenters. The molecule has 0 aromatic heterocycles. The van der Waals surface area contributed by atoms with Gasteiger partial charge in [0, 0.05) is 0 Å². The molecule has 0 rings (SSSR count). The van der Waals surface area contributed by atoms with Crippen LogP contribution in [0.25, 0.3) is 0 Å². The third kappa shape index (κ3) is 6.99. The van der Waals surface area contributed by atoms with Crippen LogP contribution in [0.1, 0.15) is 34.1 Å². The largest absolute Gasteiger partial charge is 0.466 e. The fourth-order valence-electron chi connectivity index (χ4n) is 1.67. The second kappa shape index (κ2) is 10.4. The molecule has 0 aliphatic heterocycles. The van der Waals surface area contributed by atoms with Gasteiger partial charge in [-0.25, -0.2) is 0 Å². The average Bonchev–Trinajstić information content (AvgIpc) is 2.30. The Labute approximate surface area is 124 Å². The number of rotatable bonds is 7. The number of hydrogen-bond donors (Lipinski definition) is 0. The lowest BCUT2D eigenvalue weighted by atomic mass is 9.91. The predicted octanol–water partition coefficient (Wildman–Crippen LogP) is 4.66. The van der Waals surface area contributed by atoms with Crippen molar-refractivity contribution in [3.05, 3.63) is 34.0 Å². The Bertz CT molecular complexity index is 329. The van der Waals surface area contributed by atoms with Gasteiger partial charge in [-0.1, -0.05) is 66.3 Å². The molecule has 0 saturated heterocycles. The Kier molecular flexibility index (Phi) is 10.0. The van der Waals surface area contributed by atoms with Gasteiger partial charge in [0.15, 0.2) is 0 Å². The van der Waals surface area contributed by atoms with E-state index < -0.39 is 0 Å². The Morgan fingerprint density at radius 2 is 2.06 bits per heavy atom. The number of carbonyl (C=O) groups is 1. The average molecular weight is 362 g/mol. The molecule has 102 valence electrons. The minimum Gasteiger partial charge on any atom is -0.466 e. The first-order chi connectivity index (χ1) is 8.56. The van der Waals surface area contributed by atoms with E-state index in [0.29, 0.717) is 6.61 Å². The first-order valence-electron chi connectivity index (χ1n) is 6.35. The van der Waals surface area contributed by atoms with Crippen LogP contribution in [0.5, 0.6) is 0 Å². The summed E-state index contributed by atoms with van der Waals surface area (Å²) >= 11 is 2.20. The fraction of sp³-hybridized carbons (Fsp3) is 0.533. The van der Waals surface area contributed by atoms with Crippen LogP contribution in [-0.4, -0.2) is 12.6 Å². The Morgan fingerprint density at radius 3 is 2.56 bits per heavy atom. The molecule has 0 fully saturated rings. The number of ether oxygens (including phenoxy) is 1. The van der Waals surface area contributed by atoms with Crippen molar-refractivity contribution in [3.63, 3.8) is 0 Å². The van der Waals surface area contributed by atoms with Gasteiger partial charge in [-0.15, -0.1) is 0 Å². The van der Waals surface area contributed by atoms with E-state index in [9.17, 15) is 4.79 Å². The molecule has 2 nitrogen and oxygen atoms in total. The van der Waals surface area contributed by atoms with Gasteiger partial charge in [0.25, 0.3) is 0 Å². The minimum absolute atomic E-state index is 0.0463. The summed E-state index contributed by atoms with van der Waals surface area (Å²) in [5, 5.41) is 0. The number of allylic oxidation sites excluding steroid dienone is 5. The lowest BCUT2D eigenvalue weighted by molar-refractivity contribution is -0.149. The van der Waals surface area contributed by atoms with Gasteiger partial charge >= 0.3 is 5.97 Å². The Hall–Kier alpha value is -0.580. The lowest BCUT2D eigenvalue weighted by Gasteiger charge is -2.17. The predicted molar refractivity (Wildman–Crippen MR) is 85.6 cm³/mol. The van der Waals surface area contributed by atoms with Gasteiger partial charge in [-0.2, -0.15) is 0 Å². The van der Waals surface area contributed by atoms with Crippen LogP contribution in [0.15, 0.2) is 34.0 Å². The summed E-state index contributed by atoms with van der Waals surface area (Å²) in [4.78, 5) is 11.7. The highest BCUT2D eigenvalue weighted by Gasteiger charge is 2.22. The summed E-state index contributed by atoms with van der Waals surface area (Å²) in [6, 6.07) is 0. The van der Waals surface area contributed by atoms with Crippen LogP contribution in [0.4, 0.5) is 0 Å². The van der Waals surface area contributed by atoms with E-state index in [0.717, 1.165) is 6.42 Å². The molecule has 0 aromatic carbocycles. The summed E-state index contributed by atoms with van der Waals surface area (Å²) in [5.41, 5.74) is 1.19. The molecule has 18 heavy (non-hydrogen) atoms. The maximum Gasteiger partial charge on any atom is 0.309 e. The van der Waals surface area contributed by atoms with Gasteiger partial charge in [0.2, 0.25) is 0 Å². The second-order valence-corrected chi connectivity index (χ2v) is 4.93. The van der Waals surface area contributed by atoms with E-state index in [2.05, 4.69) is 35.6 Å². The number of carbonyl (C=O) groups excluding carboxylic acids is 1. The van der Waals surface area contributed by atoms with Crippen molar-refractivity contribution in [2.75, 3.05) is 6.61 Å². The minimum atomic E-state index is -0.0926. The Balaban J connectivity index is 4.52. The van der Waals surface area contributed by atoms with Crippen LogP contribution in [0, 0.1) is 11.8 Å². The molecule has 0 bridgehead atoms. The molecular formula is C15H23IO2. The van der Waals surface area contributed by atoms with Crippen LogP contribution in [0.3, 0.4) is 0 Å². The van der Waals surface area contributed by atoms with Crippen molar-refractivity contribution in [2.45, 2.75) is 34.1 Å². The van der Waals surface area contributed by atoms with E-state index in [-0.39, 0.29) is 17.8 Å². The molecule has 2 atom stereocenters. The topological polar surface area (TPSA) is 26.3 Å². The molecule has 0 spiro atoms. The number of esters is 1. The van der Waals surface area contributed by atoms with E-state index in [1.54, 1.807) is 0 Å². The van der Waals surface area contributed by atoms with Crippen molar-refractivity contribution in [2.24, 2.45) is 11.8 Å². The summed E-state index contributed by atoms with van der Waals surface area (Å²) in [6.45, 7) is 8.41. The monoisotopic (exact) mass is 362 g/mol. The maximum atomic E-state index is 11.7. The lowest BCUT2D eigenvalue weighted by Crippen LogP contribution is -2.22. The van der Waals surface area contributed by atoms with Gasteiger partial charge < -0.3 is 4.74 Å². The fourth-order valence-corrected chi connectivity index (χ4v) is 2.24. The zero-order valence-corrected chi connectivity index (χ0v) is 13.8. The van der Waals surface area contributed by atoms with Gasteiger partial charge in [0.05, 0.1) is 12.5 Å². The molecule has 0 radical (unpaired) electrons. The van der Waals surface area contributed by atoms with E-state index in [1.165, 1.54) is 5.57 Å². The van der Waals surface area contributed by atoms with Crippen LogP contribution in [0.2, 0.25) is 0 Å². The number of hydrogen-bond acceptors (Lipinski definition) is 2. The van der Waals surface area contributed by atoms with Crippen LogP contribution >= 0.6 is 22.6 Å². The van der Waals surface area contributed by atoms with Crippen molar-refractivity contribution >= 4 is 28.6 Å². The SMILES string of the molecule is CCOC(=O)C(CC)[C@H](C)/C=C/C=C(C)\C=C\I.